The second-order valence-electron chi connectivity index (χ2n) is 3.98. The van der Waals surface area contributed by atoms with E-state index in [0.29, 0.717) is 5.75 Å². The molecule has 0 saturated carbocycles. The summed E-state index contributed by atoms with van der Waals surface area (Å²) in [7, 11) is -2.80. The van der Waals surface area contributed by atoms with Gasteiger partial charge in [0.1, 0.15) is 9.84 Å². The van der Waals surface area contributed by atoms with Gasteiger partial charge in [-0.2, -0.15) is 11.8 Å². The van der Waals surface area contributed by atoms with Crippen molar-refractivity contribution in [2.24, 2.45) is 0 Å². The predicted molar refractivity (Wildman–Crippen MR) is 71.9 cm³/mol. The highest BCUT2D eigenvalue weighted by Gasteiger charge is 2.01. The van der Waals surface area contributed by atoms with Crippen molar-refractivity contribution in [3.8, 4) is 0 Å². The summed E-state index contributed by atoms with van der Waals surface area (Å²) in [5.41, 5.74) is 2.59. The van der Waals surface area contributed by atoms with Crippen LogP contribution in [0.3, 0.4) is 0 Å². The van der Waals surface area contributed by atoms with Crippen LogP contribution in [0.25, 0.3) is 0 Å². The highest BCUT2D eigenvalue weighted by atomic mass is 32.2. The molecule has 0 fully saturated rings. The maximum atomic E-state index is 10.9. The van der Waals surface area contributed by atoms with Crippen LogP contribution in [0.2, 0.25) is 0 Å². The largest absolute Gasteiger partial charge is 0.229 e. The molecule has 16 heavy (non-hydrogen) atoms. The van der Waals surface area contributed by atoms with Gasteiger partial charge in [0.2, 0.25) is 0 Å². The molecule has 0 N–H and O–H groups in total. The highest BCUT2D eigenvalue weighted by molar-refractivity contribution is 8.00. The Bertz CT molecular complexity index is 407. The van der Waals surface area contributed by atoms with Gasteiger partial charge < -0.3 is 0 Å². The van der Waals surface area contributed by atoms with Crippen molar-refractivity contribution in [3.05, 3.63) is 35.4 Å². The Labute approximate surface area is 102 Å². The quantitative estimate of drug-likeness (QED) is 0.734. The minimum atomic E-state index is -2.80. The average Bonchev–Trinajstić information content (AvgIpc) is 2.19. The lowest BCUT2D eigenvalue weighted by atomic mass is 10.1. The average molecular weight is 258 g/mol. The molecule has 2 nitrogen and oxygen atoms in total. The van der Waals surface area contributed by atoms with Gasteiger partial charge in [0.15, 0.2) is 0 Å². The third-order valence-corrected chi connectivity index (χ3v) is 4.44. The van der Waals surface area contributed by atoms with Crippen molar-refractivity contribution in [2.45, 2.75) is 13.3 Å². The molecule has 0 amide bonds. The lowest BCUT2D eigenvalue weighted by Crippen LogP contribution is -2.05. The van der Waals surface area contributed by atoms with Crippen molar-refractivity contribution in [2.75, 3.05) is 23.5 Å². The van der Waals surface area contributed by atoms with E-state index in [2.05, 4.69) is 31.2 Å². The number of benzene rings is 1. The van der Waals surface area contributed by atoms with Gasteiger partial charge >= 0.3 is 0 Å². The molecule has 0 aliphatic carbocycles. The van der Waals surface area contributed by atoms with Crippen LogP contribution in [0.1, 0.15) is 11.1 Å². The molecule has 0 unspecified atom stereocenters. The van der Waals surface area contributed by atoms with Gasteiger partial charge in [-0.1, -0.05) is 29.8 Å². The molecule has 0 aromatic heterocycles. The van der Waals surface area contributed by atoms with Gasteiger partial charge in [0.25, 0.3) is 0 Å². The summed E-state index contributed by atoms with van der Waals surface area (Å²) in [6.07, 6.45) is 2.29. The normalized spacial score (nSPS) is 11.6. The minimum absolute atomic E-state index is 0.283. The molecule has 0 atom stereocenters. The zero-order valence-corrected chi connectivity index (χ0v) is 11.4. The first kappa shape index (κ1) is 13.6. The summed E-state index contributed by atoms with van der Waals surface area (Å²) in [5, 5.41) is 0. The highest BCUT2D eigenvalue weighted by Crippen LogP contribution is 2.08. The van der Waals surface area contributed by atoms with Crippen molar-refractivity contribution >= 4 is 21.6 Å². The molecule has 0 radical (unpaired) electrons. The summed E-state index contributed by atoms with van der Waals surface area (Å²) in [5.74, 6) is 1.97. The molecular formula is C12H18O2S2. The summed E-state index contributed by atoms with van der Waals surface area (Å²) < 4.78 is 21.8. The van der Waals surface area contributed by atoms with Crippen molar-refractivity contribution in [1.29, 1.82) is 0 Å². The Balaban J connectivity index is 2.19. The SMILES string of the molecule is Cc1ccc(CCSCCS(C)(=O)=O)cc1. The zero-order chi connectivity index (χ0) is 12.0. The van der Waals surface area contributed by atoms with Gasteiger partial charge in [-0.05, 0) is 24.7 Å². The smallest absolute Gasteiger partial charge is 0.148 e. The summed E-state index contributed by atoms with van der Waals surface area (Å²) in [4.78, 5) is 0. The Hall–Kier alpha value is -0.480. The van der Waals surface area contributed by atoms with Gasteiger partial charge in [0.05, 0.1) is 5.75 Å². The van der Waals surface area contributed by atoms with E-state index in [1.165, 1.54) is 17.4 Å². The molecule has 4 heteroatoms. The third kappa shape index (κ3) is 6.18. The summed E-state index contributed by atoms with van der Waals surface area (Å²) >= 11 is 1.70. The lowest BCUT2D eigenvalue weighted by molar-refractivity contribution is 0.603. The molecule has 1 aromatic rings. The van der Waals surface area contributed by atoms with Gasteiger partial charge in [-0.25, -0.2) is 8.42 Å². The molecular weight excluding hydrogens is 240 g/mol. The Morgan fingerprint density at radius 1 is 1.12 bits per heavy atom. The van der Waals surface area contributed by atoms with Gasteiger partial charge in [-0.15, -0.1) is 0 Å². The Morgan fingerprint density at radius 2 is 1.75 bits per heavy atom. The van der Waals surface area contributed by atoms with Crippen LogP contribution < -0.4 is 0 Å². The van der Waals surface area contributed by atoms with Crippen molar-refractivity contribution in [1.82, 2.24) is 0 Å². The maximum Gasteiger partial charge on any atom is 0.148 e. The van der Waals surface area contributed by atoms with E-state index in [-0.39, 0.29) is 5.75 Å². The van der Waals surface area contributed by atoms with Crippen LogP contribution in [0.5, 0.6) is 0 Å². The minimum Gasteiger partial charge on any atom is -0.229 e. The van der Waals surface area contributed by atoms with Crippen LogP contribution in [0, 0.1) is 6.92 Å². The number of rotatable bonds is 6. The first-order valence-corrected chi connectivity index (χ1v) is 8.50. The number of hydrogen-bond donors (Lipinski definition) is 0. The number of aryl methyl sites for hydroxylation is 2. The topological polar surface area (TPSA) is 34.1 Å². The van der Waals surface area contributed by atoms with Gasteiger partial charge in [-0.3, -0.25) is 0 Å². The van der Waals surface area contributed by atoms with E-state index < -0.39 is 9.84 Å². The lowest BCUT2D eigenvalue weighted by Gasteiger charge is -2.02. The fourth-order valence-electron chi connectivity index (χ4n) is 1.26. The second kappa shape index (κ2) is 6.30. The van der Waals surface area contributed by atoms with Gasteiger partial charge in [0, 0.05) is 12.0 Å². The molecule has 0 aliphatic heterocycles. The van der Waals surface area contributed by atoms with Crippen LogP contribution >= 0.6 is 11.8 Å². The molecule has 0 saturated heterocycles. The van der Waals surface area contributed by atoms with E-state index in [1.807, 2.05) is 0 Å². The van der Waals surface area contributed by atoms with E-state index in [4.69, 9.17) is 0 Å². The Kier molecular flexibility index (Phi) is 5.35. The zero-order valence-electron chi connectivity index (χ0n) is 9.77. The molecule has 0 spiro atoms. The first-order valence-electron chi connectivity index (χ1n) is 5.28. The van der Waals surface area contributed by atoms with E-state index in [9.17, 15) is 8.42 Å². The van der Waals surface area contributed by atoms with Crippen LogP contribution in [-0.4, -0.2) is 31.9 Å². The standard InChI is InChI=1S/C12H18O2S2/c1-11-3-5-12(6-4-11)7-8-15-9-10-16(2,13)14/h3-6H,7-10H2,1-2H3. The van der Waals surface area contributed by atoms with Crippen LogP contribution in [-0.2, 0) is 16.3 Å². The molecule has 0 heterocycles. The summed E-state index contributed by atoms with van der Waals surface area (Å²) in [6, 6.07) is 8.48. The molecule has 90 valence electrons. The number of hydrogen-bond acceptors (Lipinski definition) is 3. The molecule has 1 rings (SSSR count). The predicted octanol–water partition coefficient (Wildman–Crippen LogP) is 2.32. The molecule has 0 bridgehead atoms. The Morgan fingerprint density at radius 3 is 2.31 bits per heavy atom. The molecule has 1 aromatic carbocycles. The first-order chi connectivity index (χ1) is 7.47. The van der Waals surface area contributed by atoms with Crippen molar-refractivity contribution in [3.63, 3.8) is 0 Å². The monoisotopic (exact) mass is 258 g/mol. The number of sulfone groups is 1. The van der Waals surface area contributed by atoms with E-state index in [1.54, 1.807) is 11.8 Å². The third-order valence-electron chi connectivity index (χ3n) is 2.25. The van der Waals surface area contributed by atoms with Crippen molar-refractivity contribution < 1.29 is 8.42 Å². The second-order valence-corrected chi connectivity index (χ2v) is 7.46. The molecule has 0 aliphatic rings. The fraction of sp³-hybridized carbons (Fsp3) is 0.500. The van der Waals surface area contributed by atoms with Crippen LogP contribution in [0.4, 0.5) is 0 Å². The van der Waals surface area contributed by atoms with Crippen LogP contribution in [0.15, 0.2) is 24.3 Å². The van der Waals surface area contributed by atoms with E-state index >= 15 is 0 Å². The maximum absolute atomic E-state index is 10.9. The summed E-state index contributed by atoms with van der Waals surface area (Å²) in [6.45, 7) is 2.07. The van der Waals surface area contributed by atoms with E-state index in [0.717, 1.165) is 12.2 Å². The number of thioether (sulfide) groups is 1. The fourth-order valence-corrected chi connectivity index (χ4v) is 3.52.